The molecular weight excluding hydrogens is 478 g/mol. The zero-order chi connectivity index (χ0) is 25.8. The van der Waals surface area contributed by atoms with E-state index in [0.29, 0.717) is 64.2 Å². The van der Waals surface area contributed by atoms with Crippen molar-refractivity contribution in [3.63, 3.8) is 0 Å². The number of pyridine rings is 1. The Bertz CT molecular complexity index is 1110. The fourth-order valence-corrected chi connectivity index (χ4v) is 5.79. The molecule has 0 spiro atoms. The highest BCUT2D eigenvalue weighted by molar-refractivity contribution is 5.68. The minimum Gasteiger partial charge on any atom is -0.481 e. The molecule has 0 radical (unpaired) electrons. The van der Waals surface area contributed by atoms with E-state index in [4.69, 9.17) is 9.72 Å². The standard InChI is InChI=1S/C28H36F2N4O3/c29-25-6-5-23(34-12-14-37-15-13-34)17-24(25)21(16-26(35)36)18-33-11-9-28(30,19-33)8-7-22-4-3-20-2-1-10-31-27(20)32-22/h3-6,17,21H,1-2,7-16,18-19H2,(H,31,32)(H,35,36)/t21-,28+/m1/s1. The van der Waals surface area contributed by atoms with Crippen LogP contribution in [0.25, 0.3) is 0 Å². The highest BCUT2D eigenvalue weighted by Crippen LogP contribution is 2.34. The van der Waals surface area contributed by atoms with E-state index in [2.05, 4.69) is 16.3 Å². The SMILES string of the molecule is O=C(O)C[C@H](CN1CC[C@@](F)(CCc2ccc3c(n2)NCCC3)C1)c1cc(N2CCOCC2)ccc1F. The number of aliphatic carboxylic acids is 1. The summed E-state index contributed by atoms with van der Waals surface area (Å²) in [6.45, 7) is 4.60. The summed E-state index contributed by atoms with van der Waals surface area (Å²) >= 11 is 0. The molecule has 2 N–H and O–H groups in total. The maximum absolute atomic E-state index is 15.8. The number of alkyl halides is 1. The number of halogens is 2. The van der Waals surface area contributed by atoms with Gasteiger partial charge in [-0.25, -0.2) is 13.8 Å². The van der Waals surface area contributed by atoms with E-state index in [9.17, 15) is 14.3 Å². The fraction of sp³-hybridized carbons (Fsp3) is 0.571. The first kappa shape index (κ1) is 25.9. The van der Waals surface area contributed by atoms with Gasteiger partial charge in [0.25, 0.3) is 0 Å². The number of nitrogens with one attached hydrogen (secondary N) is 1. The van der Waals surface area contributed by atoms with Gasteiger partial charge in [-0.05, 0) is 67.5 Å². The molecule has 0 amide bonds. The number of ether oxygens (including phenoxy) is 1. The maximum Gasteiger partial charge on any atom is 0.304 e. The van der Waals surface area contributed by atoms with Crippen molar-refractivity contribution in [2.45, 2.75) is 50.1 Å². The molecule has 37 heavy (non-hydrogen) atoms. The summed E-state index contributed by atoms with van der Waals surface area (Å²) in [6, 6.07) is 9.00. The molecule has 2 saturated heterocycles. The lowest BCUT2D eigenvalue weighted by Gasteiger charge is -2.30. The molecule has 1 aromatic heterocycles. The van der Waals surface area contributed by atoms with E-state index in [1.54, 1.807) is 12.1 Å². The van der Waals surface area contributed by atoms with Crippen LogP contribution in [-0.4, -0.2) is 79.1 Å². The van der Waals surface area contributed by atoms with Crippen molar-refractivity contribution >= 4 is 17.5 Å². The van der Waals surface area contributed by atoms with Crippen LogP contribution >= 0.6 is 0 Å². The van der Waals surface area contributed by atoms with Gasteiger partial charge in [0.2, 0.25) is 0 Å². The Kier molecular flexibility index (Phi) is 7.90. The number of carbonyl (C=O) groups is 1. The zero-order valence-electron chi connectivity index (χ0n) is 21.2. The molecular formula is C28H36F2N4O3. The van der Waals surface area contributed by atoms with Gasteiger partial charge in [0, 0.05) is 56.6 Å². The largest absolute Gasteiger partial charge is 0.481 e. The predicted octanol–water partition coefficient (Wildman–Crippen LogP) is 4.02. The van der Waals surface area contributed by atoms with Crippen LogP contribution < -0.4 is 10.2 Å². The Balaban J connectivity index is 1.24. The second-order valence-corrected chi connectivity index (χ2v) is 10.6. The molecule has 200 valence electrons. The fourth-order valence-electron chi connectivity index (χ4n) is 5.79. The van der Waals surface area contributed by atoms with Gasteiger partial charge in [-0.1, -0.05) is 6.07 Å². The number of rotatable bonds is 9. The number of likely N-dealkylation sites (tertiary alicyclic amines) is 1. The number of carboxylic acids is 1. The highest BCUT2D eigenvalue weighted by Gasteiger charge is 2.39. The Labute approximate surface area is 216 Å². The summed E-state index contributed by atoms with van der Waals surface area (Å²) in [5.41, 5.74) is 1.98. The molecule has 2 fully saturated rings. The lowest BCUT2D eigenvalue weighted by molar-refractivity contribution is -0.137. The second kappa shape index (κ2) is 11.3. The van der Waals surface area contributed by atoms with Gasteiger partial charge < -0.3 is 20.1 Å². The van der Waals surface area contributed by atoms with Crippen LogP contribution in [0.4, 0.5) is 20.3 Å². The average Bonchev–Trinajstić information content (AvgIpc) is 3.28. The molecule has 1 aromatic carbocycles. The lowest BCUT2D eigenvalue weighted by Crippen LogP contribution is -2.36. The predicted molar refractivity (Wildman–Crippen MR) is 139 cm³/mol. The number of aryl methyl sites for hydroxylation is 2. The monoisotopic (exact) mass is 514 g/mol. The zero-order valence-corrected chi connectivity index (χ0v) is 21.2. The third kappa shape index (κ3) is 6.38. The molecule has 5 rings (SSSR count). The van der Waals surface area contributed by atoms with Crippen LogP contribution in [0.5, 0.6) is 0 Å². The number of carboxylic acid groups (broad SMARTS) is 1. The number of morpholine rings is 1. The van der Waals surface area contributed by atoms with Gasteiger partial charge in [-0.2, -0.15) is 0 Å². The molecule has 4 heterocycles. The number of nitrogens with zero attached hydrogens (tertiary/aromatic N) is 3. The van der Waals surface area contributed by atoms with Gasteiger partial charge in [-0.3, -0.25) is 9.69 Å². The summed E-state index contributed by atoms with van der Waals surface area (Å²) in [4.78, 5) is 20.5. The highest BCUT2D eigenvalue weighted by atomic mass is 19.1. The van der Waals surface area contributed by atoms with Gasteiger partial charge in [0.05, 0.1) is 19.6 Å². The van der Waals surface area contributed by atoms with Crippen LogP contribution in [0.15, 0.2) is 30.3 Å². The third-order valence-corrected chi connectivity index (χ3v) is 7.86. The summed E-state index contributed by atoms with van der Waals surface area (Å²) in [6.07, 6.45) is 3.21. The molecule has 0 bridgehead atoms. The number of anilines is 2. The summed E-state index contributed by atoms with van der Waals surface area (Å²) in [5, 5.41) is 12.9. The van der Waals surface area contributed by atoms with Crippen molar-refractivity contribution in [3.8, 4) is 0 Å². The maximum atomic E-state index is 15.8. The second-order valence-electron chi connectivity index (χ2n) is 10.6. The minimum atomic E-state index is -1.37. The quantitative estimate of drug-likeness (QED) is 0.523. The molecule has 0 unspecified atom stereocenters. The smallest absolute Gasteiger partial charge is 0.304 e. The molecule has 7 nitrogen and oxygen atoms in total. The number of aromatic nitrogens is 1. The van der Waals surface area contributed by atoms with Crippen LogP contribution in [0.1, 0.15) is 48.4 Å². The van der Waals surface area contributed by atoms with E-state index < -0.39 is 23.4 Å². The summed E-state index contributed by atoms with van der Waals surface area (Å²) < 4.78 is 36.2. The molecule has 3 aliphatic rings. The van der Waals surface area contributed by atoms with Gasteiger partial charge in [0.15, 0.2) is 0 Å². The third-order valence-electron chi connectivity index (χ3n) is 7.86. The first-order valence-corrected chi connectivity index (χ1v) is 13.4. The lowest BCUT2D eigenvalue weighted by atomic mass is 9.93. The van der Waals surface area contributed by atoms with Crippen molar-refractivity contribution in [1.82, 2.24) is 9.88 Å². The van der Waals surface area contributed by atoms with E-state index >= 15 is 4.39 Å². The average molecular weight is 515 g/mol. The van der Waals surface area contributed by atoms with Gasteiger partial charge in [-0.15, -0.1) is 0 Å². The van der Waals surface area contributed by atoms with Crippen LogP contribution in [-0.2, 0) is 22.4 Å². The Morgan fingerprint density at radius 3 is 2.86 bits per heavy atom. The Morgan fingerprint density at radius 1 is 1.22 bits per heavy atom. The minimum absolute atomic E-state index is 0.203. The van der Waals surface area contributed by atoms with Gasteiger partial charge >= 0.3 is 5.97 Å². The van der Waals surface area contributed by atoms with Crippen LogP contribution in [0, 0.1) is 5.82 Å². The van der Waals surface area contributed by atoms with E-state index in [1.807, 2.05) is 11.0 Å². The Hall–Kier alpha value is -2.78. The van der Waals surface area contributed by atoms with Crippen LogP contribution in [0.3, 0.4) is 0 Å². The number of fused-ring (bicyclic) bond motifs is 1. The first-order chi connectivity index (χ1) is 17.9. The van der Waals surface area contributed by atoms with Gasteiger partial charge in [0.1, 0.15) is 17.3 Å². The number of hydrogen-bond donors (Lipinski definition) is 2. The van der Waals surface area contributed by atoms with Crippen molar-refractivity contribution in [3.05, 3.63) is 53.0 Å². The number of benzene rings is 1. The Morgan fingerprint density at radius 2 is 2.05 bits per heavy atom. The molecule has 9 heteroatoms. The first-order valence-electron chi connectivity index (χ1n) is 13.4. The van der Waals surface area contributed by atoms with Crippen molar-refractivity contribution in [2.24, 2.45) is 0 Å². The number of hydrogen-bond acceptors (Lipinski definition) is 6. The molecule has 2 atom stereocenters. The molecule has 3 aliphatic heterocycles. The summed E-state index contributed by atoms with van der Waals surface area (Å²) in [5.74, 6) is -1.04. The topological polar surface area (TPSA) is 77.9 Å². The van der Waals surface area contributed by atoms with Crippen molar-refractivity contribution in [2.75, 3.05) is 62.7 Å². The van der Waals surface area contributed by atoms with E-state index in [0.717, 1.165) is 36.6 Å². The van der Waals surface area contributed by atoms with E-state index in [-0.39, 0.29) is 13.0 Å². The van der Waals surface area contributed by atoms with Crippen molar-refractivity contribution < 1.29 is 23.4 Å². The van der Waals surface area contributed by atoms with Crippen molar-refractivity contribution in [1.29, 1.82) is 0 Å². The normalized spacial score (nSPS) is 22.9. The molecule has 0 saturated carbocycles. The molecule has 2 aromatic rings. The summed E-state index contributed by atoms with van der Waals surface area (Å²) in [7, 11) is 0. The molecule has 0 aliphatic carbocycles. The van der Waals surface area contributed by atoms with Crippen LogP contribution in [0.2, 0.25) is 0 Å². The van der Waals surface area contributed by atoms with E-state index in [1.165, 1.54) is 11.6 Å².